The third-order valence-corrected chi connectivity index (χ3v) is 4.60. The number of esters is 2. The number of benzene rings is 1. The molecule has 0 heterocycles. The van der Waals surface area contributed by atoms with Gasteiger partial charge < -0.3 is 20.5 Å². The van der Waals surface area contributed by atoms with Crippen LogP contribution in [-0.2, 0) is 23.9 Å². The van der Waals surface area contributed by atoms with Gasteiger partial charge in [-0.3, -0.25) is 19.2 Å². The van der Waals surface area contributed by atoms with Crippen LogP contribution >= 0.6 is 31.9 Å². The zero-order valence-electron chi connectivity index (χ0n) is 14.2. The average Bonchev–Trinajstić information content (AvgIpc) is 2.57. The molecule has 0 saturated heterocycles. The molecule has 0 aromatic heterocycles. The van der Waals surface area contributed by atoms with Gasteiger partial charge in [0.2, 0.25) is 5.91 Å². The van der Waals surface area contributed by atoms with Crippen molar-refractivity contribution >= 4 is 55.6 Å². The van der Waals surface area contributed by atoms with E-state index in [1.807, 2.05) is 0 Å². The molecule has 0 saturated carbocycles. The van der Waals surface area contributed by atoms with Crippen molar-refractivity contribution in [2.75, 3.05) is 14.2 Å². The van der Waals surface area contributed by atoms with Gasteiger partial charge in [0.15, 0.2) is 5.92 Å². The number of hydrogen-bond donors (Lipinski definition) is 2. The maximum Gasteiger partial charge on any atom is 0.320 e. The smallest absolute Gasteiger partial charge is 0.320 e. The second-order valence-electron chi connectivity index (χ2n) is 5.39. The van der Waals surface area contributed by atoms with E-state index in [2.05, 4.69) is 46.7 Å². The van der Waals surface area contributed by atoms with Crippen LogP contribution in [0.1, 0.15) is 17.3 Å². The Balaban J connectivity index is 3.13. The molecule has 0 fully saturated rings. The van der Waals surface area contributed by atoms with Crippen LogP contribution in [0.3, 0.4) is 0 Å². The number of carbonyl (C=O) groups excluding carboxylic acids is 4. The highest BCUT2D eigenvalue weighted by molar-refractivity contribution is 9.11. The summed E-state index contributed by atoms with van der Waals surface area (Å²) in [6.07, 6.45) is 0. The highest BCUT2D eigenvalue weighted by Crippen LogP contribution is 2.22. The Hall–Kier alpha value is -1.94. The molecule has 0 aliphatic carbocycles. The van der Waals surface area contributed by atoms with E-state index in [1.165, 1.54) is 6.92 Å². The van der Waals surface area contributed by atoms with Crippen LogP contribution in [0.25, 0.3) is 0 Å². The lowest BCUT2D eigenvalue weighted by molar-refractivity contribution is -0.161. The van der Waals surface area contributed by atoms with Gasteiger partial charge in [-0.05, 0) is 18.2 Å². The predicted molar refractivity (Wildman–Crippen MR) is 99.0 cm³/mol. The summed E-state index contributed by atoms with van der Waals surface area (Å²) < 4.78 is 10.5. The second kappa shape index (κ2) is 9.67. The number of amides is 2. The van der Waals surface area contributed by atoms with Gasteiger partial charge in [-0.2, -0.15) is 0 Å². The molecule has 1 rings (SSSR count). The molecule has 142 valence electrons. The van der Waals surface area contributed by atoms with Gasteiger partial charge in [-0.25, -0.2) is 0 Å². The van der Waals surface area contributed by atoms with Crippen molar-refractivity contribution in [3.05, 3.63) is 32.7 Å². The monoisotopic (exact) mass is 492 g/mol. The summed E-state index contributed by atoms with van der Waals surface area (Å²) in [6, 6.07) is 3.51. The maximum atomic E-state index is 12.5. The quantitative estimate of drug-likeness (QED) is 0.436. The van der Waals surface area contributed by atoms with Gasteiger partial charge >= 0.3 is 11.9 Å². The van der Waals surface area contributed by atoms with Crippen molar-refractivity contribution in [3.8, 4) is 0 Å². The third-order valence-electron chi connectivity index (χ3n) is 3.68. The summed E-state index contributed by atoms with van der Waals surface area (Å²) in [5, 5.41) is 2.45. The minimum Gasteiger partial charge on any atom is -0.468 e. The fourth-order valence-electron chi connectivity index (χ4n) is 2.34. The van der Waals surface area contributed by atoms with Crippen molar-refractivity contribution < 1.29 is 28.7 Å². The largest absolute Gasteiger partial charge is 0.468 e. The molecule has 1 aromatic carbocycles. The summed E-state index contributed by atoms with van der Waals surface area (Å²) >= 11 is 6.52. The molecule has 8 nitrogen and oxygen atoms in total. The lowest BCUT2D eigenvalue weighted by Crippen LogP contribution is -2.52. The molecule has 0 radical (unpaired) electrons. The zero-order valence-corrected chi connectivity index (χ0v) is 17.4. The van der Waals surface area contributed by atoms with Gasteiger partial charge in [0.05, 0.1) is 14.2 Å². The summed E-state index contributed by atoms with van der Waals surface area (Å²) in [6.45, 7) is 1.42. The number of nitrogens with two attached hydrogens (primary N) is 1. The van der Waals surface area contributed by atoms with Gasteiger partial charge in [0, 0.05) is 20.4 Å². The van der Waals surface area contributed by atoms with Crippen LogP contribution < -0.4 is 11.1 Å². The van der Waals surface area contributed by atoms with Crippen LogP contribution in [0.15, 0.2) is 27.1 Å². The Kier molecular flexibility index (Phi) is 8.22. The van der Waals surface area contributed by atoms with Crippen molar-refractivity contribution in [2.24, 2.45) is 17.6 Å². The first-order valence-corrected chi connectivity index (χ1v) is 8.92. The van der Waals surface area contributed by atoms with Crippen molar-refractivity contribution in [2.45, 2.75) is 13.0 Å². The average molecular weight is 494 g/mol. The van der Waals surface area contributed by atoms with E-state index in [4.69, 9.17) is 5.73 Å². The molecular weight excluding hydrogens is 476 g/mol. The van der Waals surface area contributed by atoms with E-state index in [1.54, 1.807) is 18.2 Å². The first-order valence-electron chi connectivity index (χ1n) is 7.34. The SMILES string of the molecule is COC(=O)C(C(=O)OC)[C@H](C)[C@H](NC(=O)c1cc(Br)cc(Br)c1)C(N)=O. The number of nitrogens with one attached hydrogen (secondary N) is 1. The highest BCUT2D eigenvalue weighted by atomic mass is 79.9. The standard InChI is InChI=1S/C16H18Br2N2O6/c1-7(11(15(23)25-2)16(24)26-3)12(13(19)21)20-14(22)8-4-9(17)6-10(18)5-8/h4-7,11-12H,1-3H3,(H2,19,21)(H,20,22)/t7-,12-/m0/s1. The lowest BCUT2D eigenvalue weighted by Gasteiger charge is -2.26. The number of hydrogen-bond acceptors (Lipinski definition) is 6. The van der Waals surface area contributed by atoms with Crippen LogP contribution in [-0.4, -0.2) is 44.0 Å². The molecular formula is C16H18Br2N2O6. The molecule has 10 heteroatoms. The first-order chi connectivity index (χ1) is 12.1. The fraction of sp³-hybridized carbons (Fsp3) is 0.375. The molecule has 0 spiro atoms. The molecule has 0 aliphatic rings. The van der Waals surface area contributed by atoms with E-state index >= 15 is 0 Å². The molecule has 0 unspecified atom stereocenters. The topological polar surface area (TPSA) is 125 Å². The van der Waals surface area contributed by atoms with E-state index in [-0.39, 0.29) is 5.56 Å². The number of rotatable bonds is 7. The molecule has 2 amide bonds. The molecule has 26 heavy (non-hydrogen) atoms. The van der Waals surface area contributed by atoms with Crippen molar-refractivity contribution in [1.82, 2.24) is 5.32 Å². The summed E-state index contributed by atoms with van der Waals surface area (Å²) in [7, 11) is 2.20. The number of halogens is 2. The van der Waals surface area contributed by atoms with Gasteiger partial charge in [0.1, 0.15) is 6.04 Å². The van der Waals surface area contributed by atoms with Gasteiger partial charge in [-0.1, -0.05) is 38.8 Å². The molecule has 1 aromatic rings. The highest BCUT2D eigenvalue weighted by Gasteiger charge is 2.41. The summed E-state index contributed by atoms with van der Waals surface area (Å²) in [5.41, 5.74) is 5.62. The minimum atomic E-state index is -1.42. The van der Waals surface area contributed by atoms with E-state index in [0.717, 1.165) is 14.2 Å². The van der Waals surface area contributed by atoms with Gasteiger partial charge in [-0.15, -0.1) is 0 Å². The molecule has 3 N–H and O–H groups in total. The number of carbonyl (C=O) groups is 4. The summed E-state index contributed by atoms with van der Waals surface area (Å²) in [4.78, 5) is 48.2. The zero-order chi connectivity index (χ0) is 20.0. The fourth-order valence-corrected chi connectivity index (χ4v) is 3.64. The molecule has 0 aliphatic heterocycles. The second-order valence-corrected chi connectivity index (χ2v) is 7.23. The first kappa shape index (κ1) is 22.1. The van der Waals surface area contributed by atoms with Crippen LogP contribution in [0.5, 0.6) is 0 Å². The van der Waals surface area contributed by atoms with E-state index in [9.17, 15) is 19.2 Å². The Labute approximate surface area is 167 Å². The van der Waals surface area contributed by atoms with Gasteiger partial charge in [0.25, 0.3) is 5.91 Å². The third kappa shape index (κ3) is 5.53. The predicted octanol–water partition coefficient (Wildman–Crippen LogP) is 1.39. The molecule has 2 atom stereocenters. The Morgan fingerprint density at radius 1 is 1.00 bits per heavy atom. The molecule has 0 bridgehead atoms. The minimum absolute atomic E-state index is 0.248. The van der Waals surface area contributed by atoms with E-state index in [0.29, 0.717) is 8.95 Å². The van der Waals surface area contributed by atoms with Crippen LogP contribution in [0, 0.1) is 11.8 Å². The number of methoxy groups -OCH3 is 2. The van der Waals surface area contributed by atoms with Crippen molar-refractivity contribution in [1.29, 1.82) is 0 Å². The lowest BCUT2D eigenvalue weighted by atomic mass is 9.86. The Morgan fingerprint density at radius 2 is 1.46 bits per heavy atom. The number of ether oxygens (including phenoxy) is 2. The maximum absolute atomic E-state index is 12.5. The Morgan fingerprint density at radius 3 is 1.85 bits per heavy atom. The normalized spacial score (nSPS) is 12.8. The van der Waals surface area contributed by atoms with Crippen LogP contribution in [0.2, 0.25) is 0 Å². The number of primary amides is 1. The van der Waals surface area contributed by atoms with Crippen LogP contribution in [0.4, 0.5) is 0 Å². The van der Waals surface area contributed by atoms with E-state index < -0.39 is 41.6 Å². The van der Waals surface area contributed by atoms with Crippen molar-refractivity contribution in [3.63, 3.8) is 0 Å². The Bertz CT molecular complexity index is 688. The summed E-state index contributed by atoms with van der Waals surface area (Å²) in [5.74, 6) is -5.71.